The molecule has 1 rings (SSSR count). The molecule has 0 aliphatic heterocycles. The Hall–Kier alpha value is -1.10. The SMILES string of the molecule is C[C@@H](N)c1ccc(F)c(C(F)(F)F)c1. The predicted octanol–water partition coefficient (Wildman–Crippen LogP) is 2.86. The fourth-order valence-electron chi connectivity index (χ4n) is 1.04. The highest BCUT2D eigenvalue weighted by Gasteiger charge is 2.34. The van der Waals surface area contributed by atoms with E-state index in [1.165, 1.54) is 13.0 Å². The Morgan fingerprint density at radius 1 is 1.29 bits per heavy atom. The molecule has 0 unspecified atom stereocenters. The van der Waals surface area contributed by atoms with Gasteiger partial charge in [0, 0.05) is 6.04 Å². The van der Waals surface area contributed by atoms with Gasteiger partial charge in [-0.3, -0.25) is 0 Å². The highest BCUT2D eigenvalue weighted by molar-refractivity contribution is 5.28. The van der Waals surface area contributed by atoms with Crippen LogP contribution in [0.2, 0.25) is 0 Å². The third kappa shape index (κ3) is 2.23. The molecule has 0 aliphatic rings. The molecule has 2 N–H and O–H groups in total. The molecular formula is C9H9F4N. The minimum Gasteiger partial charge on any atom is -0.324 e. The van der Waals surface area contributed by atoms with Gasteiger partial charge >= 0.3 is 6.18 Å². The molecule has 0 aromatic heterocycles. The van der Waals surface area contributed by atoms with Crippen molar-refractivity contribution in [2.45, 2.75) is 19.1 Å². The monoisotopic (exact) mass is 207 g/mol. The van der Waals surface area contributed by atoms with Crippen LogP contribution in [-0.2, 0) is 6.18 Å². The number of alkyl halides is 3. The van der Waals surface area contributed by atoms with Gasteiger partial charge in [-0.15, -0.1) is 0 Å². The van der Waals surface area contributed by atoms with Crippen LogP contribution >= 0.6 is 0 Å². The van der Waals surface area contributed by atoms with E-state index >= 15 is 0 Å². The fraction of sp³-hybridized carbons (Fsp3) is 0.333. The molecule has 14 heavy (non-hydrogen) atoms. The Labute approximate surface area is 78.5 Å². The van der Waals surface area contributed by atoms with Crippen molar-refractivity contribution >= 4 is 0 Å². The molecule has 5 heteroatoms. The lowest BCUT2D eigenvalue weighted by Crippen LogP contribution is -2.11. The molecular weight excluding hydrogens is 198 g/mol. The summed E-state index contributed by atoms with van der Waals surface area (Å²) in [7, 11) is 0. The standard InChI is InChI=1S/C9H9F4N/c1-5(14)6-2-3-8(10)7(4-6)9(11,12)13/h2-5H,14H2,1H3/t5-/m1/s1. The molecule has 0 fully saturated rings. The van der Waals surface area contributed by atoms with Crippen LogP contribution in [0.4, 0.5) is 17.6 Å². The Balaban J connectivity index is 3.22. The molecule has 1 nitrogen and oxygen atoms in total. The average Bonchev–Trinajstić information content (AvgIpc) is 2.02. The van der Waals surface area contributed by atoms with Crippen molar-refractivity contribution in [2.75, 3.05) is 0 Å². The molecule has 0 spiro atoms. The van der Waals surface area contributed by atoms with Gasteiger partial charge in [0.1, 0.15) is 5.82 Å². The highest BCUT2D eigenvalue weighted by Crippen LogP contribution is 2.32. The van der Waals surface area contributed by atoms with Crippen LogP contribution in [0.3, 0.4) is 0 Å². The van der Waals surface area contributed by atoms with Crippen LogP contribution in [-0.4, -0.2) is 0 Å². The van der Waals surface area contributed by atoms with Gasteiger partial charge in [-0.05, 0) is 24.6 Å². The molecule has 0 aliphatic carbocycles. The molecule has 0 heterocycles. The van der Waals surface area contributed by atoms with Crippen molar-refractivity contribution in [3.8, 4) is 0 Å². The summed E-state index contributed by atoms with van der Waals surface area (Å²) in [5.74, 6) is -1.28. The van der Waals surface area contributed by atoms with E-state index in [1.807, 2.05) is 0 Å². The summed E-state index contributed by atoms with van der Waals surface area (Å²) in [6, 6.07) is 2.22. The third-order valence-electron chi connectivity index (χ3n) is 1.82. The molecule has 0 radical (unpaired) electrons. The summed E-state index contributed by atoms with van der Waals surface area (Å²) in [6.07, 6.45) is -4.67. The first-order chi connectivity index (χ1) is 6.32. The maximum absolute atomic E-state index is 12.8. The molecule has 78 valence electrons. The van der Waals surface area contributed by atoms with Gasteiger partial charge in [-0.25, -0.2) is 4.39 Å². The fourth-order valence-corrected chi connectivity index (χ4v) is 1.04. The zero-order valence-corrected chi connectivity index (χ0v) is 7.40. The van der Waals surface area contributed by atoms with E-state index in [9.17, 15) is 17.6 Å². The number of rotatable bonds is 1. The minimum atomic E-state index is -4.67. The highest BCUT2D eigenvalue weighted by atomic mass is 19.4. The molecule has 0 amide bonds. The minimum absolute atomic E-state index is 0.263. The smallest absolute Gasteiger partial charge is 0.324 e. The maximum Gasteiger partial charge on any atom is 0.419 e. The summed E-state index contributed by atoms with van der Waals surface area (Å²) in [5, 5.41) is 0. The van der Waals surface area contributed by atoms with Crippen molar-refractivity contribution in [1.82, 2.24) is 0 Å². The zero-order valence-electron chi connectivity index (χ0n) is 7.40. The van der Waals surface area contributed by atoms with E-state index in [0.717, 1.165) is 12.1 Å². The molecule has 1 atom stereocenters. The van der Waals surface area contributed by atoms with Gasteiger partial charge in [0.15, 0.2) is 0 Å². The van der Waals surface area contributed by atoms with E-state index in [0.29, 0.717) is 0 Å². The summed E-state index contributed by atoms with van der Waals surface area (Å²) in [4.78, 5) is 0. The largest absolute Gasteiger partial charge is 0.419 e. The van der Waals surface area contributed by atoms with Crippen LogP contribution in [0.15, 0.2) is 18.2 Å². The topological polar surface area (TPSA) is 26.0 Å². The molecule has 0 saturated carbocycles. The summed E-state index contributed by atoms with van der Waals surface area (Å²) < 4.78 is 49.4. The zero-order chi connectivity index (χ0) is 10.9. The van der Waals surface area contributed by atoms with Crippen LogP contribution in [0.1, 0.15) is 24.1 Å². The van der Waals surface area contributed by atoms with Crippen LogP contribution in [0, 0.1) is 5.82 Å². The first-order valence-corrected chi connectivity index (χ1v) is 3.94. The Kier molecular flexibility index (Phi) is 2.80. The van der Waals surface area contributed by atoms with Gasteiger partial charge in [0.25, 0.3) is 0 Å². The van der Waals surface area contributed by atoms with Crippen LogP contribution in [0.25, 0.3) is 0 Å². The van der Waals surface area contributed by atoms with Gasteiger partial charge in [0.2, 0.25) is 0 Å². The predicted molar refractivity (Wildman–Crippen MR) is 44.0 cm³/mol. The normalized spacial score (nSPS) is 14.1. The van der Waals surface area contributed by atoms with E-state index in [1.54, 1.807) is 0 Å². The van der Waals surface area contributed by atoms with Gasteiger partial charge in [-0.2, -0.15) is 13.2 Å². The Morgan fingerprint density at radius 3 is 2.29 bits per heavy atom. The van der Waals surface area contributed by atoms with E-state index in [4.69, 9.17) is 5.73 Å². The van der Waals surface area contributed by atoms with Crippen molar-refractivity contribution in [3.05, 3.63) is 35.1 Å². The Morgan fingerprint density at radius 2 is 1.86 bits per heavy atom. The van der Waals surface area contributed by atoms with Gasteiger partial charge in [-0.1, -0.05) is 6.07 Å². The number of nitrogens with two attached hydrogens (primary N) is 1. The third-order valence-corrected chi connectivity index (χ3v) is 1.82. The number of halogens is 4. The first kappa shape index (κ1) is 11.0. The molecule has 0 bridgehead atoms. The lowest BCUT2D eigenvalue weighted by molar-refractivity contribution is -0.140. The second-order valence-corrected chi connectivity index (χ2v) is 3.03. The summed E-state index contributed by atoms with van der Waals surface area (Å²) >= 11 is 0. The van der Waals surface area contributed by atoms with E-state index in [-0.39, 0.29) is 5.56 Å². The van der Waals surface area contributed by atoms with Crippen LogP contribution < -0.4 is 5.73 Å². The lowest BCUT2D eigenvalue weighted by atomic mass is 10.1. The first-order valence-electron chi connectivity index (χ1n) is 3.94. The lowest BCUT2D eigenvalue weighted by Gasteiger charge is -2.11. The Bertz CT molecular complexity index is 330. The second kappa shape index (κ2) is 3.57. The van der Waals surface area contributed by atoms with E-state index < -0.39 is 23.6 Å². The van der Waals surface area contributed by atoms with Gasteiger partial charge in [0.05, 0.1) is 5.56 Å². The quantitative estimate of drug-likeness (QED) is 0.704. The molecule has 1 aromatic rings. The number of hydrogen-bond acceptors (Lipinski definition) is 1. The van der Waals surface area contributed by atoms with Crippen molar-refractivity contribution in [3.63, 3.8) is 0 Å². The van der Waals surface area contributed by atoms with Crippen LogP contribution in [0.5, 0.6) is 0 Å². The number of benzene rings is 1. The number of hydrogen-bond donors (Lipinski definition) is 1. The summed E-state index contributed by atoms with van der Waals surface area (Å²) in [5.41, 5.74) is 4.38. The maximum atomic E-state index is 12.8. The van der Waals surface area contributed by atoms with Gasteiger partial charge < -0.3 is 5.73 Å². The van der Waals surface area contributed by atoms with Crippen molar-refractivity contribution in [2.24, 2.45) is 5.73 Å². The summed E-state index contributed by atoms with van der Waals surface area (Å²) in [6.45, 7) is 1.54. The molecule has 0 saturated heterocycles. The van der Waals surface area contributed by atoms with Crippen molar-refractivity contribution < 1.29 is 17.6 Å². The van der Waals surface area contributed by atoms with E-state index in [2.05, 4.69) is 0 Å². The second-order valence-electron chi connectivity index (χ2n) is 3.03. The molecule has 1 aromatic carbocycles. The van der Waals surface area contributed by atoms with Crippen molar-refractivity contribution in [1.29, 1.82) is 0 Å². The average molecular weight is 207 g/mol.